The Balaban J connectivity index is 2.86. The van der Waals surface area contributed by atoms with Gasteiger partial charge in [-0.15, -0.1) is 6.58 Å². The highest BCUT2D eigenvalue weighted by Gasteiger charge is 2.38. The van der Waals surface area contributed by atoms with Crippen LogP contribution in [0.1, 0.15) is 67.2 Å². The number of esters is 1. The summed E-state index contributed by atoms with van der Waals surface area (Å²) in [4.78, 5) is 11.3. The van der Waals surface area contributed by atoms with Gasteiger partial charge in [0.2, 0.25) is 0 Å². The van der Waals surface area contributed by atoms with E-state index in [1.165, 1.54) is 18.1 Å². The van der Waals surface area contributed by atoms with Gasteiger partial charge in [0.25, 0.3) is 0 Å². The number of hydrogen-bond donors (Lipinski definition) is 1. The summed E-state index contributed by atoms with van der Waals surface area (Å²) in [6.07, 6.45) is 7.51. The van der Waals surface area contributed by atoms with Gasteiger partial charge in [0, 0.05) is 13.3 Å². The minimum absolute atomic E-state index is 0.121. The highest BCUT2D eigenvalue weighted by Crippen LogP contribution is 2.48. The van der Waals surface area contributed by atoms with Crippen LogP contribution in [0.25, 0.3) is 0 Å². The van der Waals surface area contributed by atoms with Gasteiger partial charge in [-0.1, -0.05) is 36.8 Å². The molecule has 1 aliphatic rings. The third-order valence-electron chi connectivity index (χ3n) is 5.80. The first-order chi connectivity index (χ1) is 11.4. The lowest BCUT2D eigenvalue weighted by Gasteiger charge is -2.43. The number of aliphatic hydroxyl groups is 1. The minimum atomic E-state index is -1.06. The molecule has 1 N–H and O–H groups in total. The minimum Gasteiger partial charge on any atom is -0.459 e. The first-order valence-corrected chi connectivity index (χ1v) is 9.26. The van der Waals surface area contributed by atoms with Crippen molar-refractivity contribution in [1.82, 2.24) is 0 Å². The molecule has 0 spiro atoms. The highest BCUT2D eigenvalue weighted by atomic mass is 16.6. The van der Waals surface area contributed by atoms with Crippen molar-refractivity contribution in [3.8, 4) is 0 Å². The predicted molar refractivity (Wildman–Crippen MR) is 104 cm³/mol. The average Bonchev–Trinajstić information content (AvgIpc) is 2.49. The topological polar surface area (TPSA) is 46.5 Å². The first kappa shape index (κ1) is 21.7. The van der Waals surface area contributed by atoms with Gasteiger partial charge >= 0.3 is 5.97 Å². The quantitative estimate of drug-likeness (QED) is 0.507. The molecule has 3 nitrogen and oxygen atoms in total. The van der Waals surface area contributed by atoms with Crippen LogP contribution in [0.4, 0.5) is 0 Å². The van der Waals surface area contributed by atoms with Crippen LogP contribution in [0, 0.1) is 17.3 Å². The fraction of sp³-hybridized carbons (Fsp3) is 0.682. The molecule has 0 aromatic heterocycles. The smallest absolute Gasteiger partial charge is 0.303 e. The van der Waals surface area contributed by atoms with E-state index in [1.807, 2.05) is 0 Å². The molecule has 0 aliphatic heterocycles. The summed E-state index contributed by atoms with van der Waals surface area (Å²) in [5.74, 6) is 0.570. The Labute approximate surface area is 153 Å². The van der Waals surface area contributed by atoms with Crippen molar-refractivity contribution in [2.24, 2.45) is 17.3 Å². The van der Waals surface area contributed by atoms with Crippen LogP contribution in [0.3, 0.4) is 0 Å². The van der Waals surface area contributed by atoms with E-state index in [0.29, 0.717) is 18.3 Å². The van der Waals surface area contributed by atoms with Gasteiger partial charge in [0.15, 0.2) is 0 Å². The summed E-state index contributed by atoms with van der Waals surface area (Å²) in [6.45, 7) is 19.5. The molecule has 1 rings (SSSR count). The molecule has 0 aromatic carbocycles. The molecule has 0 heterocycles. The van der Waals surface area contributed by atoms with Gasteiger partial charge < -0.3 is 9.84 Å². The van der Waals surface area contributed by atoms with Crippen molar-refractivity contribution >= 4 is 5.97 Å². The summed E-state index contributed by atoms with van der Waals surface area (Å²) < 4.78 is 5.30. The molecule has 0 radical (unpaired) electrons. The molecular weight excluding hydrogens is 312 g/mol. The van der Waals surface area contributed by atoms with Gasteiger partial charge in [0.05, 0.1) is 5.60 Å². The molecule has 3 heteroatoms. The van der Waals surface area contributed by atoms with Crippen LogP contribution in [0.2, 0.25) is 0 Å². The van der Waals surface area contributed by atoms with Crippen molar-refractivity contribution in [3.63, 3.8) is 0 Å². The van der Waals surface area contributed by atoms with Gasteiger partial charge in [0.1, 0.15) is 6.10 Å². The summed E-state index contributed by atoms with van der Waals surface area (Å²) in [5.41, 5.74) is 1.58. The zero-order chi connectivity index (χ0) is 19.4. The van der Waals surface area contributed by atoms with Crippen molar-refractivity contribution in [1.29, 1.82) is 0 Å². The van der Waals surface area contributed by atoms with Crippen LogP contribution in [0.5, 0.6) is 0 Å². The maximum atomic E-state index is 11.3. The van der Waals surface area contributed by atoms with E-state index in [-0.39, 0.29) is 11.4 Å². The van der Waals surface area contributed by atoms with Crippen molar-refractivity contribution in [3.05, 3.63) is 36.5 Å². The van der Waals surface area contributed by atoms with E-state index >= 15 is 0 Å². The van der Waals surface area contributed by atoms with Crippen LogP contribution < -0.4 is 0 Å². The van der Waals surface area contributed by atoms with Gasteiger partial charge in [-0.05, 0) is 64.2 Å². The van der Waals surface area contributed by atoms with Crippen molar-refractivity contribution in [2.75, 3.05) is 0 Å². The number of rotatable bonds is 7. The fourth-order valence-electron chi connectivity index (χ4n) is 3.89. The number of carbonyl (C=O) groups excluding carboxylic acids is 1. The third kappa shape index (κ3) is 5.85. The lowest BCUT2D eigenvalue weighted by molar-refractivity contribution is -0.158. The summed E-state index contributed by atoms with van der Waals surface area (Å²) in [5, 5.41) is 10.2. The zero-order valence-corrected chi connectivity index (χ0v) is 16.9. The van der Waals surface area contributed by atoms with E-state index in [0.717, 1.165) is 19.3 Å². The third-order valence-corrected chi connectivity index (χ3v) is 5.80. The Kier molecular flexibility index (Phi) is 7.25. The summed E-state index contributed by atoms with van der Waals surface area (Å²) >= 11 is 0. The second-order valence-electron chi connectivity index (χ2n) is 8.52. The van der Waals surface area contributed by atoms with E-state index in [1.54, 1.807) is 13.8 Å². The Bertz CT molecular complexity index is 538. The Morgan fingerprint density at radius 2 is 2.00 bits per heavy atom. The van der Waals surface area contributed by atoms with Crippen LogP contribution in [0.15, 0.2) is 36.5 Å². The molecule has 0 amide bonds. The summed E-state index contributed by atoms with van der Waals surface area (Å²) in [7, 11) is 0. The zero-order valence-electron chi connectivity index (χ0n) is 16.9. The molecule has 0 unspecified atom stereocenters. The van der Waals surface area contributed by atoms with Crippen molar-refractivity contribution in [2.45, 2.75) is 78.9 Å². The molecule has 1 aliphatic carbocycles. The molecular formula is C22H36O3. The highest BCUT2D eigenvalue weighted by molar-refractivity contribution is 5.66. The lowest BCUT2D eigenvalue weighted by atomic mass is 9.61. The monoisotopic (exact) mass is 348 g/mol. The number of allylic oxidation sites excluding steroid dienone is 3. The van der Waals surface area contributed by atoms with Gasteiger partial charge in [-0.25, -0.2) is 0 Å². The SMILES string of the molecule is C=C[C@@]1(C)CC[C@H](/C(C)=C/C[C@@H](OC(C)=O)C(C)(C)O)C[C@@H]1C(=C)C. The molecule has 0 aromatic rings. The molecule has 4 atom stereocenters. The van der Waals surface area contributed by atoms with E-state index in [4.69, 9.17) is 4.74 Å². The van der Waals surface area contributed by atoms with Crippen LogP contribution >= 0.6 is 0 Å². The average molecular weight is 349 g/mol. The molecule has 25 heavy (non-hydrogen) atoms. The molecule has 1 fully saturated rings. The molecule has 0 saturated heterocycles. The normalized spacial score (nSPS) is 29.0. The maximum Gasteiger partial charge on any atom is 0.303 e. The Morgan fingerprint density at radius 1 is 1.40 bits per heavy atom. The Morgan fingerprint density at radius 3 is 2.44 bits per heavy atom. The van der Waals surface area contributed by atoms with Gasteiger partial charge in [-0.3, -0.25) is 4.79 Å². The van der Waals surface area contributed by atoms with E-state index < -0.39 is 11.7 Å². The number of hydrogen-bond acceptors (Lipinski definition) is 3. The Hall–Kier alpha value is -1.35. The second-order valence-corrected chi connectivity index (χ2v) is 8.52. The van der Waals surface area contributed by atoms with Crippen LogP contribution in [-0.2, 0) is 9.53 Å². The standard InChI is InChI=1S/C22H36O3/c1-9-22(8)13-12-18(14-19(22)15(2)3)16(4)10-11-20(21(6,7)24)25-17(5)23/h9-10,18-20,24H,1-2,11-14H2,3-8H3/b16-10+/t18-,19+,20+,22-/m0/s1. The number of ether oxygens (including phenoxy) is 1. The largest absolute Gasteiger partial charge is 0.459 e. The summed E-state index contributed by atoms with van der Waals surface area (Å²) in [6, 6.07) is 0. The lowest BCUT2D eigenvalue weighted by Crippen LogP contribution is -2.39. The maximum absolute atomic E-state index is 11.3. The first-order valence-electron chi connectivity index (χ1n) is 9.26. The van der Waals surface area contributed by atoms with E-state index in [9.17, 15) is 9.90 Å². The van der Waals surface area contributed by atoms with Crippen molar-refractivity contribution < 1.29 is 14.6 Å². The molecule has 1 saturated carbocycles. The fourth-order valence-corrected chi connectivity index (χ4v) is 3.89. The van der Waals surface area contributed by atoms with Crippen LogP contribution in [-0.4, -0.2) is 22.8 Å². The predicted octanol–water partition coefficient (Wildman–Crippen LogP) is 5.21. The second kappa shape index (κ2) is 8.35. The number of carbonyl (C=O) groups is 1. The van der Waals surface area contributed by atoms with E-state index in [2.05, 4.69) is 46.1 Å². The van der Waals surface area contributed by atoms with Gasteiger partial charge in [-0.2, -0.15) is 0 Å². The molecule has 0 bridgehead atoms. The molecule has 142 valence electrons.